The second-order valence-electron chi connectivity index (χ2n) is 6.55. The molecule has 1 fully saturated rings. The molecule has 0 bridgehead atoms. The van der Waals surface area contributed by atoms with Gasteiger partial charge in [0.05, 0.1) is 5.75 Å². The molecule has 2 aromatic rings. The van der Waals surface area contributed by atoms with Gasteiger partial charge in [0.15, 0.2) is 5.76 Å². The van der Waals surface area contributed by atoms with Crippen molar-refractivity contribution in [3.05, 3.63) is 58.5 Å². The van der Waals surface area contributed by atoms with Gasteiger partial charge in [-0.05, 0) is 42.7 Å². The Morgan fingerprint density at radius 3 is 2.68 bits per heavy atom. The van der Waals surface area contributed by atoms with E-state index in [1.54, 1.807) is 17.8 Å². The molecule has 0 unspecified atom stereocenters. The summed E-state index contributed by atoms with van der Waals surface area (Å²) in [5.41, 5.74) is 1.19. The molecule has 1 aromatic heterocycles. The zero-order valence-electron chi connectivity index (χ0n) is 14.3. The fraction of sp³-hybridized carbons (Fsp3) is 0.450. The highest BCUT2D eigenvalue weighted by Crippen LogP contribution is 2.22. The molecular weight excluding hydrogens is 354 g/mol. The van der Waals surface area contributed by atoms with E-state index in [-0.39, 0.29) is 5.91 Å². The van der Waals surface area contributed by atoms with Gasteiger partial charge in [-0.25, -0.2) is 0 Å². The molecule has 5 heteroatoms. The van der Waals surface area contributed by atoms with Gasteiger partial charge in [-0.2, -0.15) is 0 Å². The van der Waals surface area contributed by atoms with Crippen molar-refractivity contribution in [1.82, 2.24) is 5.32 Å². The van der Waals surface area contributed by atoms with Crippen LogP contribution < -0.4 is 5.32 Å². The van der Waals surface area contributed by atoms with E-state index in [0.29, 0.717) is 11.8 Å². The summed E-state index contributed by atoms with van der Waals surface area (Å²) in [5.74, 6) is 2.77. The molecule has 1 aliphatic rings. The van der Waals surface area contributed by atoms with E-state index in [9.17, 15) is 4.79 Å². The molecule has 0 spiro atoms. The average molecular weight is 378 g/mol. The van der Waals surface area contributed by atoms with E-state index in [0.717, 1.165) is 35.1 Å². The number of hydrogen-bond donors (Lipinski definition) is 1. The number of furan rings is 1. The number of nitrogens with one attached hydrogen (secondary N) is 1. The first kappa shape index (κ1) is 18.4. The summed E-state index contributed by atoms with van der Waals surface area (Å²) < 4.78 is 5.72. The lowest BCUT2D eigenvalue weighted by Crippen LogP contribution is -2.34. The number of rotatable bonds is 6. The number of amides is 1. The lowest BCUT2D eigenvalue weighted by molar-refractivity contribution is 0.0904. The van der Waals surface area contributed by atoms with Crippen LogP contribution in [0.25, 0.3) is 0 Å². The molecule has 1 saturated carbocycles. The van der Waals surface area contributed by atoms with E-state index in [4.69, 9.17) is 16.0 Å². The number of halogens is 1. The van der Waals surface area contributed by atoms with Crippen molar-refractivity contribution in [2.24, 2.45) is 0 Å². The maximum absolute atomic E-state index is 12.3. The van der Waals surface area contributed by atoms with Gasteiger partial charge in [-0.3, -0.25) is 4.79 Å². The van der Waals surface area contributed by atoms with Crippen LogP contribution in [0.4, 0.5) is 0 Å². The molecule has 134 valence electrons. The number of carbonyl (C=O) groups excluding carboxylic acids is 1. The Labute approximate surface area is 158 Å². The summed E-state index contributed by atoms with van der Waals surface area (Å²) in [6, 6.07) is 11.8. The Morgan fingerprint density at radius 2 is 1.92 bits per heavy atom. The largest absolute Gasteiger partial charge is 0.455 e. The fourth-order valence-corrected chi connectivity index (χ4v) is 4.24. The van der Waals surface area contributed by atoms with Crippen molar-refractivity contribution in [3.63, 3.8) is 0 Å². The third-order valence-electron chi connectivity index (χ3n) is 4.48. The number of hydrogen-bond acceptors (Lipinski definition) is 3. The molecule has 0 radical (unpaired) electrons. The highest BCUT2D eigenvalue weighted by Gasteiger charge is 2.18. The average Bonchev–Trinajstić information content (AvgIpc) is 2.92. The van der Waals surface area contributed by atoms with Crippen LogP contribution in [0.3, 0.4) is 0 Å². The number of benzene rings is 1. The van der Waals surface area contributed by atoms with E-state index < -0.39 is 0 Å². The zero-order valence-corrected chi connectivity index (χ0v) is 15.9. The standard InChI is InChI=1S/C20H24ClNO2S/c21-16-7-5-6-15(12-16)13-25-14-18-10-11-19(24-18)20(23)22-17-8-3-1-2-4-9-17/h5-7,10-12,17H,1-4,8-9,13-14H2,(H,22,23). The maximum atomic E-state index is 12.3. The Bertz CT molecular complexity index is 693. The SMILES string of the molecule is O=C(NC1CCCCCC1)c1ccc(CSCc2cccc(Cl)c2)o1. The minimum atomic E-state index is -0.0852. The molecule has 1 aromatic carbocycles. The summed E-state index contributed by atoms with van der Waals surface area (Å²) >= 11 is 7.74. The van der Waals surface area contributed by atoms with E-state index in [1.807, 2.05) is 24.3 Å². The molecule has 3 rings (SSSR count). The normalized spacial score (nSPS) is 15.7. The second kappa shape index (κ2) is 9.35. The monoisotopic (exact) mass is 377 g/mol. The molecule has 1 aliphatic carbocycles. The van der Waals surface area contributed by atoms with Crippen molar-refractivity contribution in [2.75, 3.05) is 0 Å². The van der Waals surface area contributed by atoms with Crippen LogP contribution in [0.15, 0.2) is 40.8 Å². The minimum Gasteiger partial charge on any atom is -0.455 e. The maximum Gasteiger partial charge on any atom is 0.287 e. The predicted molar refractivity (Wildman–Crippen MR) is 104 cm³/mol. The fourth-order valence-electron chi connectivity index (χ4n) is 3.15. The summed E-state index contributed by atoms with van der Waals surface area (Å²) in [7, 11) is 0. The van der Waals surface area contributed by atoms with E-state index in [1.165, 1.54) is 31.2 Å². The van der Waals surface area contributed by atoms with Crippen LogP contribution in [0.5, 0.6) is 0 Å². The molecule has 25 heavy (non-hydrogen) atoms. The van der Waals surface area contributed by atoms with Crippen LogP contribution in [0.1, 0.15) is 60.4 Å². The van der Waals surface area contributed by atoms with Gasteiger partial charge in [0.25, 0.3) is 5.91 Å². The zero-order chi connectivity index (χ0) is 17.5. The van der Waals surface area contributed by atoms with Gasteiger partial charge >= 0.3 is 0 Å². The smallest absolute Gasteiger partial charge is 0.287 e. The highest BCUT2D eigenvalue weighted by atomic mass is 35.5. The Kier molecular flexibility index (Phi) is 6.88. The second-order valence-corrected chi connectivity index (χ2v) is 7.97. The van der Waals surface area contributed by atoms with E-state index in [2.05, 4.69) is 11.4 Å². The van der Waals surface area contributed by atoms with E-state index >= 15 is 0 Å². The van der Waals surface area contributed by atoms with Crippen molar-refractivity contribution in [1.29, 1.82) is 0 Å². The molecule has 1 heterocycles. The molecule has 3 nitrogen and oxygen atoms in total. The highest BCUT2D eigenvalue weighted by molar-refractivity contribution is 7.97. The van der Waals surface area contributed by atoms with Gasteiger partial charge < -0.3 is 9.73 Å². The lowest BCUT2D eigenvalue weighted by atomic mass is 10.1. The first-order chi connectivity index (χ1) is 12.2. The van der Waals surface area contributed by atoms with Gasteiger partial charge in [0.1, 0.15) is 5.76 Å². The summed E-state index contributed by atoms with van der Waals surface area (Å²) in [6.07, 6.45) is 7.12. The van der Waals surface area contributed by atoms with Crippen LogP contribution in [0, 0.1) is 0 Å². The quantitative estimate of drug-likeness (QED) is 0.645. The topological polar surface area (TPSA) is 42.2 Å². The molecule has 0 atom stereocenters. The number of thioether (sulfide) groups is 1. The molecule has 0 aliphatic heterocycles. The van der Waals surface area contributed by atoms with Crippen molar-refractivity contribution < 1.29 is 9.21 Å². The van der Waals surface area contributed by atoms with Gasteiger partial charge in [-0.15, -0.1) is 11.8 Å². The van der Waals surface area contributed by atoms with Crippen molar-refractivity contribution >= 4 is 29.3 Å². The van der Waals surface area contributed by atoms with Crippen LogP contribution in [-0.4, -0.2) is 11.9 Å². The summed E-state index contributed by atoms with van der Waals surface area (Å²) in [6.45, 7) is 0. The third-order valence-corrected chi connectivity index (χ3v) is 5.74. The van der Waals surface area contributed by atoms with Gasteiger partial charge in [-0.1, -0.05) is 49.4 Å². The van der Waals surface area contributed by atoms with Crippen molar-refractivity contribution in [2.45, 2.75) is 56.1 Å². The first-order valence-electron chi connectivity index (χ1n) is 8.92. The predicted octanol–water partition coefficient (Wildman–Crippen LogP) is 5.82. The minimum absolute atomic E-state index is 0.0852. The van der Waals surface area contributed by atoms with Crippen molar-refractivity contribution in [3.8, 4) is 0 Å². The molecule has 1 N–H and O–H groups in total. The van der Waals surface area contributed by atoms with Crippen LogP contribution >= 0.6 is 23.4 Å². The third kappa shape index (κ3) is 5.82. The van der Waals surface area contributed by atoms with Gasteiger partial charge in [0, 0.05) is 16.8 Å². The van der Waals surface area contributed by atoms with Crippen LogP contribution in [0.2, 0.25) is 5.02 Å². The van der Waals surface area contributed by atoms with Gasteiger partial charge in [0.2, 0.25) is 0 Å². The molecular formula is C20H24ClNO2S. The first-order valence-corrected chi connectivity index (χ1v) is 10.5. The lowest BCUT2D eigenvalue weighted by Gasteiger charge is -2.14. The molecule has 1 amide bonds. The Hall–Kier alpha value is -1.39. The Balaban J connectivity index is 1.47. The van der Waals surface area contributed by atoms with Crippen LogP contribution in [-0.2, 0) is 11.5 Å². The number of carbonyl (C=O) groups is 1. The summed E-state index contributed by atoms with van der Waals surface area (Å²) in [5, 5.41) is 3.88. The Morgan fingerprint density at radius 1 is 1.12 bits per heavy atom. The molecule has 0 saturated heterocycles. The summed E-state index contributed by atoms with van der Waals surface area (Å²) in [4.78, 5) is 12.3.